The van der Waals surface area contributed by atoms with Crippen molar-refractivity contribution in [2.75, 3.05) is 18.5 Å². The molecule has 0 spiro atoms. The predicted molar refractivity (Wildman–Crippen MR) is 63.4 cm³/mol. The third-order valence-electron chi connectivity index (χ3n) is 3.10. The maximum Gasteiger partial charge on any atom is 0.0485 e. The zero-order valence-electron chi connectivity index (χ0n) is 9.55. The summed E-state index contributed by atoms with van der Waals surface area (Å²) in [5.74, 6) is 0. The van der Waals surface area contributed by atoms with Crippen LogP contribution in [0.3, 0.4) is 0 Å². The van der Waals surface area contributed by atoms with Gasteiger partial charge >= 0.3 is 0 Å². The Morgan fingerprint density at radius 2 is 1.87 bits per heavy atom. The number of hydrogen-bond donors (Lipinski definition) is 1. The van der Waals surface area contributed by atoms with Crippen LogP contribution in [0.4, 0.5) is 5.69 Å². The first-order valence-corrected chi connectivity index (χ1v) is 5.67. The van der Waals surface area contributed by atoms with Crippen LogP contribution in [0, 0.1) is 13.8 Å². The first kappa shape index (κ1) is 10.5. The predicted octanol–water partition coefficient (Wildman–Crippen LogP) is 2.89. The zero-order chi connectivity index (χ0) is 10.7. The number of rotatable bonds is 2. The molecule has 0 aromatic heterocycles. The Morgan fingerprint density at radius 3 is 2.53 bits per heavy atom. The molecule has 0 bridgehead atoms. The molecule has 15 heavy (non-hydrogen) atoms. The summed E-state index contributed by atoms with van der Waals surface area (Å²) in [6, 6.07) is 7.15. The minimum Gasteiger partial charge on any atom is -0.382 e. The lowest BCUT2D eigenvalue weighted by atomic mass is 10.1. The maximum atomic E-state index is 5.34. The van der Waals surface area contributed by atoms with Gasteiger partial charge in [0.05, 0.1) is 0 Å². The van der Waals surface area contributed by atoms with E-state index in [1.54, 1.807) is 0 Å². The summed E-state index contributed by atoms with van der Waals surface area (Å²) in [5.41, 5.74) is 3.95. The van der Waals surface area contributed by atoms with E-state index in [1.807, 2.05) is 0 Å². The van der Waals surface area contributed by atoms with E-state index >= 15 is 0 Å². The van der Waals surface area contributed by atoms with Crippen LogP contribution < -0.4 is 5.32 Å². The van der Waals surface area contributed by atoms with Crippen LogP contribution >= 0.6 is 0 Å². The van der Waals surface area contributed by atoms with Crippen LogP contribution in [-0.4, -0.2) is 19.3 Å². The van der Waals surface area contributed by atoms with Gasteiger partial charge in [0.2, 0.25) is 0 Å². The van der Waals surface area contributed by atoms with Crippen molar-refractivity contribution in [2.45, 2.75) is 32.7 Å². The van der Waals surface area contributed by atoms with Gasteiger partial charge in [-0.3, -0.25) is 0 Å². The summed E-state index contributed by atoms with van der Waals surface area (Å²) in [7, 11) is 0. The topological polar surface area (TPSA) is 21.3 Å². The second-order valence-corrected chi connectivity index (χ2v) is 4.33. The minimum absolute atomic E-state index is 0.584. The van der Waals surface area contributed by atoms with Crippen molar-refractivity contribution in [3.8, 4) is 0 Å². The van der Waals surface area contributed by atoms with E-state index in [0.29, 0.717) is 6.04 Å². The van der Waals surface area contributed by atoms with E-state index in [1.165, 1.54) is 16.8 Å². The second-order valence-electron chi connectivity index (χ2n) is 4.33. The smallest absolute Gasteiger partial charge is 0.0485 e. The Morgan fingerprint density at radius 1 is 1.13 bits per heavy atom. The molecule has 0 aliphatic carbocycles. The van der Waals surface area contributed by atoms with Crippen molar-refractivity contribution in [2.24, 2.45) is 0 Å². The molecular formula is C13H19NO. The van der Waals surface area contributed by atoms with Gasteiger partial charge in [0.15, 0.2) is 0 Å². The van der Waals surface area contributed by atoms with Gasteiger partial charge in [0.25, 0.3) is 0 Å². The van der Waals surface area contributed by atoms with Gasteiger partial charge in [-0.2, -0.15) is 0 Å². The highest BCUT2D eigenvalue weighted by Gasteiger charge is 2.13. The second kappa shape index (κ2) is 4.67. The molecule has 1 saturated heterocycles. The van der Waals surface area contributed by atoms with Crippen LogP contribution in [0.1, 0.15) is 24.0 Å². The minimum atomic E-state index is 0.584. The molecule has 0 saturated carbocycles. The highest BCUT2D eigenvalue weighted by Crippen LogP contribution is 2.18. The first-order chi connectivity index (χ1) is 7.25. The van der Waals surface area contributed by atoms with E-state index in [9.17, 15) is 0 Å². The Balaban J connectivity index is 2.00. The third kappa shape index (κ3) is 2.72. The Kier molecular flexibility index (Phi) is 3.27. The van der Waals surface area contributed by atoms with E-state index in [2.05, 4.69) is 37.4 Å². The average Bonchev–Trinajstić information content (AvgIpc) is 2.25. The van der Waals surface area contributed by atoms with Crippen LogP contribution in [0.2, 0.25) is 0 Å². The lowest BCUT2D eigenvalue weighted by Gasteiger charge is -2.24. The van der Waals surface area contributed by atoms with Crippen molar-refractivity contribution < 1.29 is 4.74 Å². The van der Waals surface area contributed by atoms with E-state index in [-0.39, 0.29) is 0 Å². The molecule has 0 unspecified atom stereocenters. The molecule has 1 heterocycles. The Labute approximate surface area is 91.6 Å². The van der Waals surface area contributed by atoms with Gasteiger partial charge in [-0.1, -0.05) is 6.07 Å². The summed E-state index contributed by atoms with van der Waals surface area (Å²) in [6.45, 7) is 6.09. The number of anilines is 1. The zero-order valence-corrected chi connectivity index (χ0v) is 9.55. The largest absolute Gasteiger partial charge is 0.382 e. The Bertz CT molecular complexity index is 329. The van der Waals surface area contributed by atoms with Crippen molar-refractivity contribution in [3.05, 3.63) is 29.3 Å². The van der Waals surface area contributed by atoms with Crippen LogP contribution in [0.15, 0.2) is 18.2 Å². The first-order valence-electron chi connectivity index (χ1n) is 5.67. The summed E-state index contributed by atoms with van der Waals surface area (Å²) in [5, 5.41) is 3.57. The van der Waals surface area contributed by atoms with Crippen molar-refractivity contribution in [3.63, 3.8) is 0 Å². The SMILES string of the molecule is Cc1ccc(NC2CCOCC2)cc1C. The van der Waals surface area contributed by atoms with E-state index < -0.39 is 0 Å². The normalized spacial score (nSPS) is 17.7. The number of ether oxygens (including phenoxy) is 1. The fourth-order valence-electron chi connectivity index (χ4n) is 1.91. The highest BCUT2D eigenvalue weighted by atomic mass is 16.5. The van der Waals surface area contributed by atoms with Crippen LogP contribution in [0.5, 0.6) is 0 Å². The van der Waals surface area contributed by atoms with Gasteiger partial charge in [0, 0.05) is 24.9 Å². The maximum absolute atomic E-state index is 5.34. The molecule has 1 aliphatic heterocycles. The van der Waals surface area contributed by atoms with Gasteiger partial charge in [-0.15, -0.1) is 0 Å². The molecule has 1 N–H and O–H groups in total. The van der Waals surface area contributed by atoms with Crippen LogP contribution in [0.25, 0.3) is 0 Å². The standard InChI is InChI=1S/C13H19NO/c1-10-3-4-13(9-11(10)2)14-12-5-7-15-8-6-12/h3-4,9,12,14H,5-8H2,1-2H3. The molecule has 0 radical (unpaired) electrons. The van der Waals surface area contributed by atoms with Gasteiger partial charge in [-0.05, 0) is 49.9 Å². The monoisotopic (exact) mass is 205 g/mol. The number of aryl methyl sites for hydroxylation is 2. The molecule has 82 valence electrons. The number of hydrogen-bond acceptors (Lipinski definition) is 2. The van der Waals surface area contributed by atoms with Crippen molar-refractivity contribution >= 4 is 5.69 Å². The summed E-state index contributed by atoms with van der Waals surface area (Å²) in [6.07, 6.45) is 2.24. The molecule has 0 atom stereocenters. The molecule has 2 heteroatoms. The third-order valence-corrected chi connectivity index (χ3v) is 3.10. The summed E-state index contributed by atoms with van der Waals surface area (Å²) in [4.78, 5) is 0. The van der Waals surface area contributed by atoms with Crippen LogP contribution in [-0.2, 0) is 4.74 Å². The van der Waals surface area contributed by atoms with Gasteiger partial charge < -0.3 is 10.1 Å². The fourth-order valence-corrected chi connectivity index (χ4v) is 1.91. The van der Waals surface area contributed by atoms with Gasteiger partial charge in [0.1, 0.15) is 0 Å². The molecule has 1 fully saturated rings. The van der Waals surface area contributed by atoms with Gasteiger partial charge in [-0.25, -0.2) is 0 Å². The number of nitrogens with one attached hydrogen (secondary N) is 1. The lowest BCUT2D eigenvalue weighted by molar-refractivity contribution is 0.0904. The lowest BCUT2D eigenvalue weighted by Crippen LogP contribution is -2.27. The van der Waals surface area contributed by atoms with E-state index in [4.69, 9.17) is 4.74 Å². The molecule has 1 aromatic carbocycles. The molecule has 1 aromatic rings. The quantitative estimate of drug-likeness (QED) is 0.801. The Hall–Kier alpha value is -1.02. The fraction of sp³-hybridized carbons (Fsp3) is 0.538. The summed E-state index contributed by atoms with van der Waals surface area (Å²) < 4.78 is 5.34. The summed E-state index contributed by atoms with van der Waals surface area (Å²) >= 11 is 0. The molecule has 0 amide bonds. The molecular weight excluding hydrogens is 186 g/mol. The average molecular weight is 205 g/mol. The van der Waals surface area contributed by atoms with E-state index in [0.717, 1.165) is 26.1 Å². The molecule has 2 nitrogen and oxygen atoms in total. The molecule has 1 aliphatic rings. The molecule has 2 rings (SSSR count). The number of benzene rings is 1. The highest BCUT2D eigenvalue weighted by molar-refractivity contribution is 5.48. The van der Waals surface area contributed by atoms with Crippen molar-refractivity contribution in [1.29, 1.82) is 0 Å². The van der Waals surface area contributed by atoms with Crippen molar-refractivity contribution in [1.82, 2.24) is 0 Å².